The molecule has 0 spiro atoms. The van der Waals surface area contributed by atoms with Crippen LogP contribution in [0, 0.1) is 11.8 Å². The number of hydrogen-bond donors (Lipinski definition) is 1. The lowest BCUT2D eigenvalue weighted by atomic mass is 9.86. The zero-order valence-electron chi connectivity index (χ0n) is 12.5. The molecular formula is C17H22N4O. The number of H-pyrrole nitrogens is 1. The number of amides is 1. The van der Waals surface area contributed by atoms with Gasteiger partial charge in [0.2, 0.25) is 0 Å². The smallest absolute Gasteiger partial charge is 0.275 e. The molecule has 5 nitrogen and oxygen atoms in total. The summed E-state index contributed by atoms with van der Waals surface area (Å²) in [7, 11) is 0. The fourth-order valence-electron chi connectivity index (χ4n) is 4.77. The second-order valence-corrected chi connectivity index (χ2v) is 6.94. The zero-order chi connectivity index (χ0) is 14.7. The summed E-state index contributed by atoms with van der Waals surface area (Å²) in [6.45, 7) is 4.40. The first-order valence-corrected chi connectivity index (χ1v) is 8.28. The van der Waals surface area contributed by atoms with Crippen LogP contribution in [0.25, 0.3) is 10.9 Å². The Morgan fingerprint density at radius 2 is 2.09 bits per heavy atom. The van der Waals surface area contributed by atoms with Crippen molar-refractivity contribution < 1.29 is 6.22 Å². The fourth-order valence-corrected chi connectivity index (χ4v) is 4.77. The highest BCUT2D eigenvalue weighted by atomic mass is 16.2. The molecule has 22 heavy (non-hydrogen) atoms. The maximum Gasteiger partial charge on any atom is 0.275 e. The van der Waals surface area contributed by atoms with Gasteiger partial charge in [-0.25, -0.2) is 0 Å². The molecule has 1 amide bonds. The Kier molecular flexibility index (Phi) is 2.62. The number of rotatable bonds is 1. The lowest BCUT2D eigenvalue weighted by molar-refractivity contribution is 0.0607. The molecule has 6 rings (SSSR count). The van der Waals surface area contributed by atoms with Gasteiger partial charge in [-0.2, -0.15) is 5.10 Å². The summed E-state index contributed by atoms with van der Waals surface area (Å²) in [6.07, 6.45) is 2.49. The van der Waals surface area contributed by atoms with E-state index < -0.39 is 0 Å². The molecule has 116 valence electrons. The van der Waals surface area contributed by atoms with Crippen molar-refractivity contribution in [3.05, 3.63) is 30.0 Å². The number of para-hydroxylation sites is 1. The molecular weight excluding hydrogens is 276 g/mol. The largest absolute Gasteiger partial charge is 0.332 e. The summed E-state index contributed by atoms with van der Waals surface area (Å²) < 4.78 is 0. The minimum atomic E-state index is 0. The number of nitrogens with one attached hydrogen (secondary N) is 1. The quantitative estimate of drug-likeness (QED) is 0.876. The summed E-state index contributed by atoms with van der Waals surface area (Å²) >= 11 is 0. The van der Waals surface area contributed by atoms with Crippen molar-refractivity contribution in [1.29, 1.82) is 0 Å². The average Bonchev–Trinajstić information content (AvgIpc) is 3.02. The molecule has 1 aromatic carbocycles. The van der Waals surface area contributed by atoms with Crippen molar-refractivity contribution in [2.45, 2.75) is 18.9 Å². The summed E-state index contributed by atoms with van der Waals surface area (Å²) in [5, 5.41) is 8.24. The highest BCUT2D eigenvalue weighted by molar-refractivity contribution is 6.04. The van der Waals surface area contributed by atoms with Crippen LogP contribution in [-0.2, 0) is 0 Å². The Hall–Kier alpha value is -1.88. The summed E-state index contributed by atoms with van der Waals surface area (Å²) in [4.78, 5) is 17.7. The molecule has 5 heteroatoms. The molecule has 4 aliphatic rings. The van der Waals surface area contributed by atoms with E-state index >= 15 is 0 Å². The van der Waals surface area contributed by atoms with E-state index in [-0.39, 0.29) is 7.33 Å². The Labute approximate surface area is 130 Å². The van der Waals surface area contributed by atoms with Crippen molar-refractivity contribution in [1.82, 2.24) is 20.0 Å². The van der Waals surface area contributed by atoms with Crippen LogP contribution in [-0.4, -0.2) is 58.1 Å². The number of likely N-dealkylation sites (tertiary alicyclic amines) is 1. The maximum absolute atomic E-state index is 13.1. The molecule has 4 atom stereocenters. The predicted molar refractivity (Wildman–Crippen MR) is 85.7 cm³/mol. The van der Waals surface area contributed by atoms with E-state index in [1.165, 1.54) is 25.9 Å². The maximum atomic E-state index is 13.1. The van der Waals surface area contributed by atoms with Gasteiger partial charge >= 0.3 is 0 Å². The van der Waals surface area contributed by atoms with Crippen molar-refractivity contribution >= 4 is 16.8 Å². The molecule has 4 saturated heterocycles. The normalized spacial score (nSPS) is 33.4. The number of hydrogen-bond acceptors (Lipinski definition) is 3. The Bertz CT molecular complexity index is 745. The number of fused-ring (bicyclic) bond motifs is 3. The first kappa shape index (κ1) is 12.6. The van der Waals surface area contributed by atoms with Crippen molar-refractivity contribution in [3.8, 4) is 0 Å². The first-order valence-electron chi connectivity index (χ1n) is 8.28. The fraction of sp³-hybridized carbons (Fsp3) is 0.529. The Balaban J connectivity index is 0.00000135. The molecule has 0 aliphatic carbocycles. The first-order chi connectivity index (χ1) is 10.8. The van der Waals surface area contributed by atoms with Crippen LogP contribution in [0.3, 0.4) is 0 Å². The SMILES string of the molecule is O=C(c1n[nH]c2ccccc12)N1CC2CCN3CCC2C1C3.[HH]. The summed E-state index contributed by atoms with van der Waals surface area (Å²) in [5.41, 5.74) is 1.53. The monoisotopic (exact) mass is 298 g/mol. The van der Waals surface area contributed by atoms with Crippen LogP contribution >= 0.6 is 0 Å². The molecule has 2 aromatic rings. The molecule has 0 radical (unpaired) electrons. The molecule has 1 N–H and O–H groups in total. The zero-order valence-corrected chi connectivity index (χ0v) is 12.5. The topological polar surface area (TPSA) is 52.2 Å². The third kappa shape index (κ3) is 1.69. The van der Waals surface area contributed by atoms with E-state index in [1.54, 1.807) is 0 Å². The number of carbonyl (C=O) groups excluding carboxylic acids is 1. The number of aromatic nitrogens is 2. The van der Waals surface area contributed by atoms with Gasteiger partial charge in [-0.05, 0) is 43.8 Å². The molecule has 1 aromatic heterocycles. The Morgan fingerprint density at radius 3 is 3.05 bits per heavy atom. The number of benzene rings is 1. The lowest BCUT2D eigenvalue weighted by Crippen LogP contribution is -2.49. The van der Waals surface area contributed by atoms with Crippen LogP contribution in [0.15, 0.2) is 24.3 Å². The second kappa shape index (κ2) is 4.56. The van der Waals surface area contributed by atoms with Crippen LogP contribution < -0.4 is 0 Å². The van der Waals surface area contributed by atoms with E-state index in [2.05, 4.69) is 20.0 Å². The van der Waals surface area contributed by atoms with E-state index in [0.717, 1.165) is 24.0 Å². The predicted octanol–water partition coefficient (Wildman–Crippen LogP) is 1.98. The van der Waals surface area contributed by atoms with Crippen LogP contribution in [0.4, 0.5) is 0 Å². The lowest BCUT2D eigenvalue weighted by Gasteiger charge is -2.36. The van der Waals surface area contributed by atoms with Crippen LogP contribution in [0.1, 0.15) is 24.8 Å². The van der Waals surface area contributed by atoms with Crippen LogP contribution in [0.5, 0.6) is 0 Å². The van der Waals surface area contributed by atoms with Crippen molar-refractivity contribution in [2.75, 3.05) is 26.2 Å². The van der Waals surface area contributed by atoms with Gasteiger partial charge in [-0.15, -0.1) is 0 Å². The number of carbonyl (C=O) groups is 1. The van der Waals surface area contributed by atoms with Gasteiger partial charge in [-0.1, -0.05) is 18.2 Å². The van der Waals surface area contributed by atoms with Gasteiger partial charge in [0.15, 0.2) is 5.69 Å². The molecule has 4 unspecified atom stereocenters. The molecule has 0 saturated carbocycles. The molecule has 4 aliphatic heterocycles. The van der Waals surface area contributed by atoms with Gasteiger partial charge in [0.1, 0.15) is 0 Å². The highest BCUT2D eigenvalue weighted by Gasteiger charge is 2.48. The van der Waals surface area contributed by atoms with E-state index in [0.29, 0.717) is 23.6 Å². The van der Waals surface area contributed by atoms with Gasteiger partial charge in [0.05, 0.1) is 5.52 Å². The molecule has 5 heterocycles. The third-order valence-electron chi connectivity index (χ3n) is 5.91. The summed E-state index contributed by atoms with van der Waals surface area (Å²) in [6, 6.07) is 8.28. The van der Waals surface area contributed by atoms with Gasteiger partial charge in [0, 0.05) is 25.9 Å². The third-order valence-corrected chi connectivity index (χ3v) is 5.91. The van der Waals surface area contributed by atoms with Gasteiger partial charge in [0.25, 0.3) is 5.91 Å². The Morgan fingerprint density at radius 1 is 1.23 bits per heavy atom. The number of piperidine rings is 1. The molecule has 4 fully saturated rings. The van der Waals surface area contributed by atoms with Gasteiger partial charge in [-0.3, -0.25) is 9.89 Å². The minimum absolute atomic E-state index is 0. The van der Waals surface area contributed by atoms with Crippen molar-refractivity contribution in [2.24, 2.45) is 11.8 Å². The van der Waals surface area contributed by atoms with E-state index in [4.69, 9.17) is 0 Å². The minimum Gasteiger partial charge on any atom is -0.332 e. The second-order valence-electron chi connectivity index (χ2n) is 6.94. The van der Waals surface area contributed by atoms with E-state index in [1.807, 2.05) is 24.3 Å². The van der Waals surface area contributed by atoms with E-state index in [9.17, 15) is 4.79 Å². The highest BCUT2D eigenvalue weighted by Crippen LogP contribution is 2.41. The summed E-state index contributed by atoms with van der Waals surface area (Å²) in [5.74, 6) is 1.50. The molecule has 4 bridgehead atoms. The standard InChI is InChI=1S/C17H20N4O.H2/c22-17(16-13-3-1-2-4-14(13)18-19-16)21-9-11-5-7-20-8-6-12(11)15(21)10-20;/h1-4,11-12,15H,5-10H2,(H,18,19);1H. The average molecular weight is 298 g/mol. The number of aromatic amines is 1. The number of nitrogens with zero attached hydrogens (tertiary/aromatic N) is 3. The van der Waals surface area contributed by atoms with Crippen molar-refractivity contribution in [3.63, 3.8) is 0 Å². The van der Waals surface area contributed by atoms with Gasteiger partial charge < -0.3 is 9.80 Å². The van der Waals surface area contributed by atoms with Crippen LogP contribution in [0.2, 0.25) is 0 Å².